The number of aliphatic carboxylic acids is 1. The molecule has 7 nitrogen and oxygen atoms in total. The van der Waals surface area contributed by atoms with E-state index in [0.29, 0.717) is 45.3 Å². The molecule has 2 aliphatic rings. The fourth-order valence-electron chi connectivity index (χ4n) is 4.95. The first-order valence-corrected chi connectivity index (χ1v) is 10.2. The molecule has 2 N–H and O–H groups in total. The number of hydrogen-bond donors (Lipinski definition) is 2. The Labute approximate surface area is 173 Å². The maximum absolute atomic E-state index is 13.4. The Morgan fingerprint density at radius 2 is 1.93 bits per heavy atom. The van der Waals surface area contributed by atoms with Gasteiger partial charge < -0.3 is 19.8 Å². The number of fused-ring (bicyclic) bond motifs is 2. The van der Waals surface area contributed by atoms with Gasteiger partial charge in [-0.1, -0.05) is 43.3 Å². The number of carbonyl (C=O) groups excluding carboxylic acids is 1. The van der Waals surface area contributed by atoms with Crippen molar-refractivity contribution in [2.75, 3.05) is 29.9 Å². The highest BCUT2D eigenvalue weighted by atomic mass is 16.5. The average molecular weight is 405 g/mol. The van der Waals surface area contributed by atoms with E-state index in [1.807, 2.05) is 24.3 Å². The van der Waals surface area contributed by atoms with Crippen LogP contribution in [0, 0.1) is 11.8 Å². The van der Waals surface area contributed by atoms with E-state index in [4.69, 9.17) is 4.52 Å². The van der Waals surface area contributed by atoms with Crippen molar-refractivity contribution in [1.82, 2.24) is 5.16 Å². The Balaban J connectivity index is 1.76. The van der Waals surface area contributed by atoms with Crippen molar-refractivity contribution < 1.29 is 19.2 Å². The van der Waals surface area contributed by atoms with Gasteiger partial charge in [-0.05, 0) is 24.3 Å². The van der Waals surface area contributed by atoms with Crippen molar-refractivity contribution in [3.63, 3.8) is 0 Å². The van der Waals surface area contributed by atoms with Crippen LogP contribution in [0.5, 0.6) is 0 Å². The number of benzene rings is 2. The van der Waals surface area contributed by atoms with Gasteiger partial charge in [0.1, 0.15) is 12.1 Å². The van der Waals surface area contributed by atoms with E-state index < -0.39 is 5.97 Å². The third-order valence-electron chi connectivity index (χ3n) is 6.02. The van der Waals surface area contributed by atoms with Gasteiger partial charge in [-0.25, -0.2) is 0 Å². The average Bonchev–Trinajstić information content (AvgIpc) is 3.15. The zero-order valence-electron chi connectivity index (χ0n) is 16.9. The Hall–Kier alpha value is -3.35. The molecule has 3 aromatic rings. The van der Waals surface area contributed by atoms with E-state index in [2.05, 4.69) is 29.2 Å². The van der Waals surface area contributed by atoms with Crippen molar-refractivity contribution in [3.8, 4) is 11.3 Å². The number of anilines is 2. The summed E-state index contributed by atoms with van der Waals surface area (Å²) in [6.07, 6.45) is 1.16. The van der Waals surface area contributed by atoms with Gasteiger partial charge in [-0.15, -0.1) is 0 Å². The molecule has 0 saturated carbocycles. The highest BCUT2D eigenvalue weighted by molar-refractivity contribution is 6.28. The Morgan fingerprint density at radius 3 is 2.63 bits per heavy atom. The number of carbonyl (C=O) groups is 2. The lowest BCUT2D eigenvalue weighted by Gasteiger charge is -2.37. The van der Waals surface area contributed by atoms with Crippen LogP contribution in [0.15, 0.2) is 34.9 Å². The summed E-state index contributed by atoms with van der Waals surface area (Å²) in [6, 6.07) is 9.16. The summed E-state index contributed by atoms with van der Waals surface area (Å²) < 4.78 is 5.76. The molecule has 1 saturated heterocycles. The first-order chi connectivity index (χ1) is 14.4. The van der Waals surface area contributed by atoms with Gasteiger partial charge in [0, 0.05) is 29.9 Å². The SMILES string of the molecule is C[C@@H]1C[C@@H](C)CN(c2cc(NCC(=O)O)c3c4c(onc24)-c2ccccc2C3=O)C1. The van der Waals surface area contributed by atoms with E-state index in [0.717, 1.165) is 30.8 Å². The van der Waals surface area contributed by atoms with Gasteiger partial charge in [-0.2, -0.15) is 0 Å². The topological polar surface area (TPSA) is 95.7 Å². The minimum absolute atomic E-state index is 0.147. The van der Waals surface area contributed by atoms with Crippen LogP contribution in [0.1, 0.15) is 36.2 Å². The lowest BCUT2D eigenvalue weighted by Crippen LogP contribution is -2.39. The van der Waals surface area contributed by atoms with Crippen LogP contribution < -0.4 is 10.2 Å². The fourth-order valence-corrected chi connectivity index (χ4v) is 4.95. The quantitative estimate of drug-likeness (QED) is 0.529. The van der Waals surface area contributed by atoms with E-state index >= 15 is 0 Å². The summed E-state index contributed by atoms with van der Waals surface area (Å²) in [5.74, 6) is 0.485. The summed E-state index contributed by atoms with van der Waals surface area (Å²) in [4.78, 5) is 26.9. The van der Waals surface area contributed by atoms with Gasteiger partial charge >= 0.3 is 5.97 Å². The highest BCUT2D eigenvalue weighted by Crippen LogP contribution is 2.46. The van der Waals surface area contributed by atoms with Gasteiger partial charge in [0.25, 0.3) is 0 Å². The molecule has 0 radical (unpaired) electrons. The molecule has 1 fully saturated rings. The van der Waals surface area contributed by atoms with E-state index in [-0.39, 0.29) is 12.3 Å². The number of carboxylic acids is 1. The van der Waals surface area contributed by atoms with Crippen LogP contribution in [-0.4, -0.2) is 41.7 Å². The van der Waals surface area contributed by atoms with E-state index in [9.17, 15) is 14.7 Å². The minimum atomic E-state index is -0.988. The molecule has 2 atom stereocenters. The number of carboxylic acid groups (broad SMARTS) is 1. The van der Waals surface area contributed by atoms with E-state index in [1.165, 1.54) is 0 Å². The largest absolute Gasteiger partial charge is 0.480 e. The number of ketones is 1. The van der Waals surface area contributed by atoms with Crippen LogP contribution in [0.3, 0.4) is 0 Å². The minimum Gasteiger partial charge on any atom is -0.480 e. The molecule has 0 bridgehead atoms. The second-order valence-corrected chi connectivity index (χ2v) is 8.53. The Kier molecular flexibility index (Phi) is 4.27. The lowest BCUT2D eigenvalue weighted by atomic mass is 9.85. The predicted molar refractivity (Wildman–Crippen MR) is 114 cm³/mol. The molecular formula is C23H23N3O4. The summed E-state index contributed by atoms with van der Waals surface area (Å²) in [7, 11) is 0. The van der Waals surface area contributed by atoms with Crippen molar-refractivity contribution >= 4 is 34.0 Å². The molecule has 2 aromatic carbocycles. The van der Waals surface area contributed by atoms with Crippen molar-refractivity contribution in [3.05, 3.63) is 41.5 Å². The molecule has 0 unspecified atom stereocenters. The highest BCUT2D eigenvalue weighted by Gasteiger charge is 2.34. The summed E-state index contributed by atoms with van der Waals surface area (Å²) in [5, 5.41) is 17.2. The molecule has 7 heteroatoms. The second-order valence-electron chi connectivity index (χ2n) is 8.53. The standard InChI is InChI=1S/C23H23N3O4/c1-12-7-13(2)11-26(10-12)17-8-16(24-9-18(27)28)19-20-21(17)25-30-23(20)15-6-4-3-5-14(15)22(19)29/h3-6,8,12-13,24H,7,9-11H2,1-2H3,(H,27,28)/t12-,13-/m1/s1. The van der Waals surface area contributed by atoms with Crippen LogP contribution in [0.2, 0.25) is 0 Å². The first-order valence-electron chi connectivity index (χ1n) is 10.2. The van der Waals surface area contributed by atoms with Crippen LogP contribution >= 0.6 is 0 Å². The fraction of sp³-hybridized carbons (Fsp3) is 0.348. The van der Waals surface area contributed by atoms with Crippen molar-refractivity contribution in [2.45, 2.75) is 20.3 Å². The zero-order valence-corrected chi connectivity index (χ0v) is 16.9. The van der Waals surface area contributed by atoms with Gasteiger partial charge in [0.2, 0.25) is 0 Å². The monoisotopic (exact) mass is 405 g/mol. The third-order valence-corrected chi connectivity index (χ3v) is 6.02. The van der Waals surface area contributed by atoms with Crippen LogP contribution in [0.25, 0.3) is 22.2 Å². The molecule has 2 heterocycles. The smallest absolute Gasteiger partial charge is 0.322 e. The number of nitrogens with zero attached hydrogens (tertiary/aromatic N) is 2. The molecule has 1 aliphatic carbocycles. The molecule has 0 spiro atoms. The predicted octanol–water partition coefficient (Wildman–Crippen LogP) is 4.02. The second kappa shape index (κ2) is 6.86. The summed E-state index contributed by atoms with van der Waals surface area (Å²) in [5.41, 5.74) is 3.73. The van der Waals surface area contributed by atoms with Crippen molar-refractivity contribution in [2.24, 2.45) is 11.8 Å². The van der Waals surface area contributed by atoms with Crippen LogP contribution in [0.4, 0.5) is 11.4 Å². The zero-order chi connectivity index (χ0) is 21.0. The van der Waals surface area contributed by atoms with Crippen LogP contribution in [-0.2, 0) is 4.79 Å². The molecule has 5 rings (SSSR count). The molecule has 154 valence electrons. The molecule has 1 aliphatic heterocycles. The maximum atomic E-state index is 13.4. The molecular weight excluding hydrogens is 382 g/mol. The lowest BCUT2D eigenvalue weighted by molar-refractivity contribution is -0.134. The summed E-state index contributed by atoms with van der Waals surface area (Å²) in [6.45, 7) is 5.94. The maximum Gasteiger partial charge on any atom is 0.322 e. The molecule has 1 aromatic heterocycles. The number of piperidine rings is 1. The molecule has 30 heavy (non-hydrogen) atoms. The van der Waals surface area contributed by atoms with Gasteiger partial charge in [0.05, 0.1) is 16.6 Å². The summed E-state index contributed by atoms with van der Waals surface area (Å²) >= 11 is 0. The Morgan fingerprint density at radius 1 is 1.23 bits per heavy atom. The van der Waals surface area contributed by atoms with E-state index in [1.54, 1.807) is 6.07 Å². The molecule has 0 amide bonds. The Bertz CT molecular complexity index is 1170. The van der Waals surface area contributed by atoms with Gasteiger partial charge in [0.15, 0.2) is 11.5 Å². The normalized spacial score (nSPS) is 20.3. The van der Waals surface area contributed by atoms with Gasteiger partial charge in [-0.3, -0.25) is 9.59 Å². The first kappa shape index (κ1) is 18.7. The third kappa shape index (κ3) is 2.84. The number of nitrogens with one attached hydrogen (secondary N) is 1. The van der Waals surface area contributed by atoms with Crippen molar-refractivity contribution in [1.29, 1.82) is 0 Å². The number of rotatable bonds is 4. The number of hydrogen-bond acceptors (Lipinski definition) is 6. The number of aromatic nitrogens is 1.